The van der Waals surface area contributed by atoms with Crippen LogP contribution in [0.1, 0.15) is 24.3 Å². The highest BCUT2D eigenvalue weighted by Gasteiger charge is 2.27. The third-order valence-electron chi connectivity index (χ3n) is 3.98. The molecule has 0 aliphatic carbocycles. The van der Waals surface area contributed by atoms with Gasteiger partial charge in [-0.25, -0.2) is 8.42 Å². The van der Waals surface area contributed by atoms with E-state index in [1.165, 1.54) is 5.01 Å². The van der Waals surface area contributed by atoms with Crippen molar-refractivity contribution < 1.29 is 13.0 Å². The van der Waals surface area contributed by atoms with Gasteiger partial charge in [0.05, 0.1) is 4.90 Å². The number of hydrogen-bond acceptors (Lipinski definition) is 3. The molecule has 1 fully saturated rings. The second kappa shape index (κ2) is 5.09. The van der Waals surface area contributed by atoms with Gasteiger partial charge in [0.1, 0.15) is 11.7 Å². The lowest BCUT2D eigenvalue weighted by atomic mass is 10.2. The molecule has 3 rings (SSSR count). The van der Waals surface area contributed by atoms with Gasteiger partial charge in [-0.1, -0.05) is 17.8 Å². The van der Waals surface area contributed by atoms with Gasteiger partial charge in [0.25, 0.3) is 0 Å². The fourth-order valence-electron chi connectivity index (χ4n) is 2.67. The second-order valence-electron chi connectivity index (χ2n) is 5.27. The fourth-order valence-corrected chi connectivity index (χ4v) is 5.33. The van der Waals surface area contributed by atoms with Gasteiger partial charge < -0.3 is 0 Å². The number of benzene rings is 1. The number of piperidine rings is 1. The second-order valence-corrected chi connectivity index (χ2v) is 8.45. The molecule has 20 heavy (non-hydrogen) atoms. The molecule has 0 bridgehead atoms. The van der Waals surface area contributed by atoms with Gasteiger partial charge in [-0.2, -0.15) is 8.87 Å². The quantitative estimate of drug-likeness (QED) is 0.798. The summed E-state index contributed by atoms with van der Waals surface area (Å²) in [4.78, 5) is 0.425. The Bertz CT molecular complexity index is 744. The van der Waals surface area contributed by atoms with Crippen LogP contribution in [0.25, 0.3) is 10.2 Å². The monoisotopic (exact) mass is 311 g/mol. The standard InChI is InChI=1S/C14H19N2O2S2/c1-11-15(2)13-7-6-12(10-14(13)19-11)20(17,18)16-8-4-3-5-9-16/h6-7,10H,3-5,8-9H2,1-2H3/q+1. The van der Waals surface area contributed by atoms with Gasteiger partial charge in [0.15, 0.2) is 0 Å². The number of fused-ring (bicyclic) bond motifs is 1. The summed E-state index contributed by atoms with van der Waals surface area (Å²) in [6, 6.07) is 5.46. The van der Waals surface area contributed by atoms with E-state index in [-0.39, 0.29) is 0 Å². The van der Waals surface area contributed by atoms with Gasteiger partial charge in [-0.15, -0.1) is 0 Å². The van der Waals surface area contributed by atoms with Crippen molar-refractivity contribution in [3.05, 3.63) is 23.2 Å². The molecule has 0 saturated carbocycles. The molecular weight excluding hydrogens is 292 g/mol. The van der Waals surface area contributed by atoms with E-state index in [2.05, 4.69) is 4.57 Å². The van der Waals surface area contributed by atoms with E-state index in [9.17, 15) is 8.42 Å². The number of aryl methyl sites for hydroxylation is 2. The lowest BCUT2D eigenvalue weighted by molar-refractivity contribution is -0.646. The Morgan fingerprint density at radius 2 is 1.90 bits per heavy atom. The summed E-state index contributed by atoms with van der Waals surface area (Å²) in [6.07, 6.45) is 3.06. The van der Waals surface area contributed by atoms with Gasteiger partial charge in [-0.3, -0.25) is 0 Å². The Kier molecular flexibility index (Phi) is 3.56. The first kappa shape index (κ1) is 14.0. The summed E-state index contributed by atoms with van der Waals surface area (Å²) >= 11 is 1.64. The number of nitrogens with zero attached hydrogens (tertiary/aromatic N) is 2. The Morgan fingerprint density at radius 1 is 1.20 bits per heavy atom. The van der Waals surface area contributed by atoms with Crippen molar-refractivity contribution in [1.29, 1.82) is 0 Å². The molecule has 1 saturated heterocycles. The van der Waals surface area contributed by atoms with Crippen LogP contribution >= 0.6 is 11.3 Å². The smallest absolute Gasteiger partial charge is 0.207 e. The van der Waals surface area contributed by atoms with Gasteiger partial charge >= 0.3 is 0 Å². The van der Waals surface area contributed by atoms with Crippen LogP contribution in [0.2, 0.25) is 0 Å². The lowest BCUT2D eigenvalue weighted by Crippen LogP contribution is -2.35. The molecule has 108 valence electrons. The first-order valence-electron chi connectivity index (χ1n) is 6.89. The lowest BCUT2D eigenvalue weighted by Gasteiger charge is -2.25. The van der Waals surface area contributed by atoms with Crippen LogP contribution in [-0.4, -0.2) is 25.8 Å². The van der Waals surface area contributed by atoms with E-state index in [1.54, 1.807) is 21.7 Å². The van der Waals surface area contributed by atoms with Crippen molar-refractivity contribution in [2.24, 2.45) is 7.05 Å². The number of thiazole rings is 1. The maximum atomic E-state index is 12.6. The van der Waals surface area contributed by atoms with Gasteiger partial charge in [0, 0.05) is 26.1 Å². The van der Waals surface area contributed by atoms with E-state index in [1.807, 2.05) is 26.1 Å². The Morgan fingerprint density at radius 3 is 2.60 bits per heavy atom. The summed E-state index contributed by atoms with van der Waals surface area (Å²) in [7, 11) is -1.32. The number of aromatic nitrogens is 1. The molecule has 4 nitrogen and oxygen atoms in total. The Balaban J connectivity index is 2.05. The highest BCUT2D eigenvalue weighted by atomic mass is 32.2. The summed E-state index contributed by atoms with van der Waals surface area (Å²) in [6.45, 7) is 3.35. The van der Waals surface area contributed by atoms with Crippen molar-refractivity contribution in [3.8, 4) is 0 Å². The number of rotatable bonds is 2. The summed E-state index contributed by atoms with van der Waals surface area (Å²) in [5.41, 5.74) is 1.09. The average Bonchev–Trinajstić information content (AvgIpc) is 2.74. The van der Waals surface area contributed by atoms with Crippen LogP contribution in [0.5, 0.6) is 0 Å². The zero-order chi connectivity index (χ0) is 14.3. The van der Waals surface area contributed by atoms with Crippen LogP contribution in [0.15, 0.2) is 23.1 Å². The molecule has 6 heteroatoms. The molecular formula is C14H19N2O2S2+. The predicted molar refractivity (Wildman–Crippen MR) is 80.3 cm³/mol. The minimum absolute atomic E-state index is 0.425. The van der Waals surface area contributed by atoms with Crippen LogP contribution in [0.3, 0.4) is 0 Å². The van der Waals surface area contributed by atoms with Crippen LogP contribution in [0.4, 0.5) is 0 Å². The number of sulfonamides is 1. The maximum Gasteiger partial charge on any atom is 0.243 e. The SMILES string of the molecule is Cc1sc2cc(S(=O)(=O)N3CCCCC3)ccc2[n+]1C. The highest BCUT2D eigenvalue weighted by molar-refractivity contribution is 7.89. The van der Waals surface area contributed by atoms with Gasteiger partial charge in [-0.05, 0) is 25.0 Å². The Hall–Kier alpha value is -0.980. The van der Waals surface area contributed by atoms with E-state index in [4.69, 9.17) is 0 Å². The minimum Gasteiger partial charge on any atom is -0.207 e. The minimum atomic E-state index is -3.33. The zero-order valence-corrected chi connectivity index (χ0v) is 13.4. The predicted octanol–water partition coefficient (Wildman–Crippen LogP) is 2.21. The molecule has 0 N–H and O–H groups in total. The van der Waals surface area contributed by atoms with Crippen molar-refractivity contribution in [1.82, 2.24) is 4.31 Å². The molecule has 1 aromatic heterocycles. The first-order valence-corrected chi connectivity index (χ1v) is 9.15. The van der Waals surface area contributed by atoms with Crippen LogP contribution in [-0.2, 0) is 17.1 Å². The van der Waals surface area contributed by atoms with Crippen molar-refractivity contribution >= 4 is 31.6 Å². The molecule has 2 heterocycles. The highest BCUT2D eigenvalue weighted by Crippen LogP contribution is 2.26. The summed E-state index contributed by atoms with van der Waals surface area (Å²) in [5.74, 6) is 0. The molecule has 0 spiro atoms. The van der Waals surface area contributed by atoms with Crippen molar-refractivity contribution in [2.75, 3.05) is 13.1 Å². The van der Waals surface area contributed by atoms with Crippen molar-refractivity contribution in [2.45, 2.75) is 31.1 Å². The molecule has 1 aliphatic heterocycles. The average molecular weight is 311 g/mol. The van der Waals surface area contributed by atoms with E-state index in [0.717, 1.165) is 29.5 Å². The molecule has 1 aromatic carbocycles. The summed E-state index contributed by atoms with van der Waals surface area (Å²) < 4.78 is 30.0. The maximum absolute atomic E-state index is 12.6. The summed E-state index contributed by atoms with van der Waals surface area (Å²) in [5, 5.41) is 1.17. The van der Waals surface area contributed by atoms with Crippen LogP contribution in [0, 0.1) is 6.92 Å². The molecule has 0 atom stereocenters. The van der Waals surface area contributed by atoms with E-state index in [0.29, 0.717) is 18.0 Å². The topological polar surface area (TPSA) is 41.3 Å². The molecule has 1 aliphatic rings. The largest absolute Gasteiger partial charge is 0.243 e. The van der Waals surface area contributed by atoms with Crippen molar-refractivity contribution in [3.63, 3.8) is 0 Å². The van der Waals surface area contributed by atoms with Gasteiger partial charge in [0.2, 0.25) is 20.5 Å². The molecule has 2 aromatic rings. The molecule has 0 radical (unpaired) electrons. The van der Waals surface area contributed by atoms with Crippen LogP contribution < -0.4 is 4.57 Å². The third kappa shape index (κ3) is 2.25. The third-order valence-corrected chi connectivity index (χ3v) is 6.99. The normalized spacial score (nSPS) is 17.7. The molecule has 0 amide bonds. The van der Waals surface area contributed by atoms with E-state index >= 15 is 0 Å². The first-order chi connectivity index (χ1) is 9.50. The zero-order valence-electron chi connectivity index (χ0n) is 11.8. The number of hydrogen-bond donors (Lipinski definition) is 0. The van der Waals surface area contributed by atoms with E-state index < -0.39 is 10.0 Å². The Labute approximate surface area is 123 Å². The molecule has 0 unspecified atom stereocenters. The fraction of sp³-hybridized carbons (Fsp3) is 0.500.